The van der Waals surface area contributed by atoms with Crippen molar-refractivity contribution in [2.24, 2.45) is 11.8 Å². The van der Waals surface area contributed by atoms with Crippen LogP contribution in [-0.2, 0) is 0 Å². The first-order chi connectivity index (χ1) is 5.24. The average molecular weight is 152 g/mol. The summed E-state index contributed by atoms with van der Waals surface area (Å²) in [6.07, 6.45) is 7.82. The van der Waals surface area contributed by atoms with Crippen LogP contribution in [0.5, 0.6) is 0 Å². The average Bonchev–Trinajstić information content (AvgIpc) is 1.95. The van der Waals surface area contributed by atoms with Crippen LogP contribution in [0.1, 0.15) is 46.5 Å². The summed E-state index contributed by atoms with van der Waals surface area (Å²) in [4.78, 5) is 0. The predicted octanol–water partition coefficient (Wildman–Crippen LogP) is 3.78. The molecule has 64 valence electrons. The lowest BCUT2D eigenvalue weighted by molar-refractivity contribution is 0.370. The van der Waals surface area contributed by atoms with Crippen molar-refractivity contribution in [1.82, 2.24) is 0 Å². The van der Waals surface area contributed by atoms with Gasteiger partial charge in [0, 0.05) is 0 Å². The van der Waals surface area contributed by atoms with Gasteiger partial charge >= 0.3 is 0 Å². The summed E-state index contributed by atoms with van der Waals surface area (Å²) >= 11 is 0. The fourth-order valence-corrected chi connectivity index (χ4v) is 2.10. The molecule has 1 rings (SSSR count). The Balaban J connectivity index is 2.50. The zero-order chi connectivity index (χ0) is 8.27. The van der Waals surface area contributed by atoms with E-state index in [1.165, 1.54) is 25.7 Å². The standard InChI is InChI=1S/C11H20/c1-4-5-11-7-6-9(2)8-10(11)3/h5,9-10H,4,6-8H2,1-3H3/b11-5+. The van der Waals surface area contributed by atoms with Gasteiger partial charge in [0.15, 0.2) is 0 Å². The quantitative estimate of drug-likeness (QED) is 0.502. The highest BCUT2D eigenvalue weighted by Gasteiger charge is 2.18. The van der Waals surface area contributed by atoms with Gasteiger partial charge in [0.05, 0.1) is 0 Å². The lowest BCUT2D eigenvalue weighted by Gasteiger charge is -2.26. The summed E-state index contributed by atoms with van der Waals surface area (Å²) in [5.74, 6) is 1.82. The SMILES string of the molecule is CC/C=C1\CCC(C)CC1C. The van der Waals surface area contributed by atoms with Crippen molar-refractivity contribution in [3.05, 3.63) is 11.6 Å². The van der Waals surface area contributed by atoms with Gasteiger partial charge in [0.1, 0.15) is 0 Å². The molecule has 2 unspecified atom stereocenters. The zero-order valence-electron chi connectivity index (χ0n) is 8.06. The van der Waals surface area contributed by atoms with E-state index in [9.17, 15) is 0 Å². The van der Waals surface area contributed by atoms with E-state index in [4.69, 9.17) is 0 Å². The number of rotatable bonds is 1. The van der Waals surface area contributed by atoms with Crippen LogP contribution in [0.25, 0.3) is 0 Å². The molecular weight excluding hydrogens is 132 g/mol. The molecule has 0 nitrogen and oxygen atoms in total. The normalized spacial score (nSPS) is 36.1. The second kappa shape index (κ2) is 3.94. The van der Waals surface area contributed by atoms with Crippen LogP contribution in [0.4, 0.5) is 0 Å². The van der Waals surface area contributed by atoms with E-state index < -0.39 is 0 Å². The Bertz CT molecular complexity index is 144. The van der Waals surface area contributed by atoms with E-state index in [-0.39, 0.29) is 0 Å². The molecule has 0 radical (unpaired) electrons. The van der Waals surface area contributed by atoms with Crippen LogP contribution in [-0.4, -0.2) is 0 Å². The minimum atomic E-state index is 0.860. The third-order valence-corrected chi connectivity index (χ3v) is 2.78. The van der Waals surface area contributed by atoms with Gasteiger partial charge in [0.2, 0.25) is 0 Å². The largest absolute Gasteiger partial charge is 0.0853 e. The van der Waals surface area contributed by atoms with Gasteiger partial charge in [-0.05, 0) is 37.5 Å². The van der Waals surface area contributed by atoms with E-state index in [0.717, 1.165) is 11.8 Å². The molecule has 11 heavy (non-hydrogen) atoms. The number of allylic oxidation sites excluding steroid dienone is 2. The smallest absolute Gasteiger partial charge is 0.0229 e. The Labute approximate surface area is 70.7 Å². The van der Waals surface area contributed by atoms with Crippen molar-refractivity contribution in [3.63, 3.8) is 0 Å². The van der Waals surface area contributed by atoms with Gasteiger partial charge in [-0.25, -0.2) is 0 Å². The Morgan fingerprint density at radius 2 is 2.18 bits per heavy atom. The first-order valence-corrected chi connectivity index (χ1v) is 4.93. The van der Waals surface area contributed by atoms with Crippen molar-refractivity contribution in [3.8, 4) is 0 Å². The molecular formula is C11H20. The molecule has 0 aromatic carbocycles. The molecule has 1 aliphatic rings. The molecule has 0 heteroatoms. The maximum absolute atomic E-state index is 2.43. The van der Waals surface area contributed by atoms with Crippen LogP contribution < -0.4 is 0 Å². The topological polar surface area (TPSA) is 0 Å². The minimum absolute atomic E-state index is 0.860. The highest BCUT2D eigenvalue weighted by atomic mass is 14.2. The maximum atomic E-state index is 2.43. The van der Waals surface area contributed by atoms with Crippen LogP contribution in [0.3, 0.4) is 0 Å². The minimum Gasteiger partial charge on any atom is -0.0853 e. The van der Waals surface area contributed by atoms with Gasteiger partial charge in [0.25, 0.3) is 0 Å². The molecule has 0 bridgehead atoms. The lowest BCUT2D eigenvalue weighted by atomic mass is 9.79. The molecule has 1 saturated carbocycles. The molecule has 0 aromatic rings. The molecule has 0 aromatic heterocycles. The van der Waals surface area contributed by atoms with Gasteiger partial charge in [-0.3, -0.25) is 0 Å². The van der Waals surface area contributed by atoms with Gasteiger partial charge in [-0.1, -0.05) is 32.4 Å². The number of hydrogen-bond acceptors (Lipinski definition) is 0. The second-order valence-corrected chi connectivity index (χ2v) is 3.97. The summed E-state index contributed by atoms with van der Waals surface area (Å²) in [5.41, 5.74) is 1.71. The zero-order valence-corrected chi connectivity index (χ0v) is 8.06. The van der Waals surface area contributed by atoms with Crippen LogP contribution >= 0.6 is 0 Å². The van der Waals surface area contributed by atoms with Crippen LogP contribution in [0.2, 0.25) is 0 Å². The van der Waals surface area contributed by atoms with E-state index in [1.54, 1.807) is 5.57 Å². The molecule has 1 fully saturated rings. The molecule has 1 aliphatic carbocycles. The first-order valence-electron chi connectivity index (χ1n) is 4.93. The summed E-state index contributed by atoms with van der Waals surface area (Å²) in [5, 5.41) is 0. The molecule has 0 amide bonds. The third kappa shape index (κ3) is 2.36. The Kier molecular flexibility index (Phi) is 3.16. The Morgan fingerprint density at radius 1 is 1.45 bits per heavy atom. The second-order valence-electron chi connectivity index (χ2n) is 3.97. The highest BCUT2D eigenvalue weighted by Crippen LogP contribution is 2.32. The van der Waals surface area contributed by atoms with Gasteiger partial charge < -0.3 is 0 Å². The maximum Gasteiger partial charge on any atom is -0.0229 e. The number of hydrogen-bond donors (Lipinski definition) is 0. The van der Waals surface area contributed by atoms with E-state index in [0.29, 0.717) is 0 Å². The molecule has 0 spiro atoms. The van der Waals surface area contributed by atoms with Gasteiger partial charge in [-0.2, -0.15) is 0 Å². The van der Waals surface area contributed by atoms with Crippen LogP contribution in [0, 0.1) is 11.8 Å². The van der Waals surface area contributed by atoms with Crippen molar-refractivity contribution in [1.29, 1.82) is 0 Å². The predicted molar refractivity (Wildman–Crippen MR) is 50.6 cm³/mol. The summed E-state index contributed by atoms with van der Waals surface area (Å²) < 4.78 is 0. The lowest BCUT2D eigenvalue weighted by Crippen LogP contribution is -2.13. The Morgan fingerprint density at radius 3 is 2.73 bits per heavy atom. The van der Waals surface area contributed by atoms with E-state index in [1.807, 2.05) is 0 Å². The van der Waals surface area contributed by atoms with Crippen molar-refractivity contribution < 1.29 is 0 Å². The van der Waals surface area contributed by atoms with Crippen LogP contribution in [0.15, 0.2) is 11.6 Å². The summed E-state index contributed by atoms with van der Waals surface area (Å²) in [6, 6.07) is 0. The third-order valence-electron chi connectivity index (χ3n) is 2.78. The Hall–Kier alpha value is -0.260. The van der Waals surface area contributed by atoms with Crippen molar-refractivity contribution >= 4 is 0 Å². The monoisotopic (exact) mass is 152 g/mol. The molecule has 0 saturated heterocycles. The van der Waals surface area contributed by atoms with Gasteiger partial charge in [-0.15, -0.1) is 0 Å². The fourth-order valence-electron chi connectivity index (χ4n) is 2.10. The van der Waals surface area contributed by atoms with E-state index >= 15 is 0 Å². The molecule has 0 aliphatic heterocycles. The summed E-state index contributed by atoms with van der Waals surface area (Å²) in [7, 11) is 0. The summed E-state index contributed by atoms with van der Waals surface area (Å²) in [6.45, 7) is 6.98. The highest BCUT2D eigenvalue weighted by molar-refractivity contribution is 5.08. The molecule has 0 heterocycles. The van der Waals surface area contributed by atoms with Crippen molar-refractivity contribution in [2.75, 3.05) is 0 Å². The van der Waals surface area contributed by atoms with Crippen molar-refractivity contribution in [2.45, 2.75) is 46.5 Å². The first kappa shape index (κ1) is 8.83. The molecule has 0 N–H and O–H groups in total. The van der Waals surface area contributed by atoms with E-state index in [2.05, 4.69) is 26.8 Å². The fraction of sp³-hybridized carbons (Fsp3) is 0.818. The molecule has 2 atom stereocenters.